The van der Waals surface area contributed by atoms with E-state index in [9.17, 15) is 14.7 Å². The van der Waals surface area contributed by atoms with E-state index in [0.29, 0.717) is 5.75 Å². The van der Waals surface area contributed by atoms with Crippen LogP contribution in [0.2, 0.25) is 0 Å². The summed E-state index contributed by atoms with van der Waals surface area (Å²) in [6.45, 7) is 0.118. The maximum Gasteiger partial charge on any atom is 0.407 e. The Hall–Kier alpha value is -4.26. The first-order chi connectivity index (χ1) is 16.6. The summed E-state index contributed by atoms with van der Waals surface area (Å²) in [5.41, 5.74) is 6.01. The molecule has 3 aromatic carbocycles. The molecule has 0 saturated carbocycles. The van der Waals surface area contributed by atoms with Crippen molar-refractivity contribution in [2.24, 2.45) is 0 Å². The highest BCUT2D eigenvalue weighted by molar-refractivity contribution is 5.90. The normalized spacial score (nSPS) is 13.2. The van der Waals surface area contributed by atoms with E-state index in [1.165, 1.54) is 0 Å². The number of carbonyl (C=O) groups is 2. The number of amides is 1. The van der Waals surface area contributed by atoms with Crippen LogP contribution in [0.25, 0.3) is 22.0 Å². The first-order valence-corrected chi connectivity index (χ1v) is 11.0. The van der Waals surface area contributed by atoms with Crippen LogP contribution < -0.4 is 10.1 Å². The Balaban J connectivity index is 1.30. The number of aromatic nitrogens is 1. The van der Waals surface area contributed by atoms with Crippen molar-refractivity contribution in [2.45, 2.75) is 18.4 Å². The lowest BCUT2D eigenvalue weighted by Crippen LogP contribution is -2.42. The third-order valence-corrected chi connectivity index (χ3v) is 6.33. The van der Waals surface area contributed by atoms with Gasteiger partial charge in [-0.05, 0) is 39.9 Å². The molecule has 7 nitrogen and oxygen atoms in total. The molecule has 3 N–H and O–H groups in total. The molecule has 0 saturated heterocycles. The molecule has 7 heteroatoms. The van der Waals surface area contributed by atoms with Gasteiger partial charge < -0.3 is 24.9 Å². The lowest BCUT2D eigenvalue weighted by Gasteiger charge is -2.17. The van der Waals surface area contributed by atoms with Crippen molar-refractivity contribution in [3.63, 3.8) is 0 Å². The second kappa shape index (κ2) is 8.94. The van der Waals surface area contributed by atoms with Gasteiger partial charge in [0.2, 0.25) is 0 Å². The number of hydrogen-bond acceptors (Lipinski definition) is 4. The number of methoxy groups -OCH3 is 1. The monoisotopic (exact) mass is 456 g/mol. The Bertz CT molecular complexity index is 1330. The van der Waals surface area contributed by atoms with E-state index in [4.69, 9.17) is 9.47 Å². The SMILES string of the molecule is COc1cccc2[nH]cc(C[C@H](NC(=O)OCC3c4ccccc4-c4ccccc43)C(=O)O)c12. The topological polar surface area (TPSA) is 101 Å². The molecule has 0 spiro atoms. The van der Waals surface area contributed by atoms with Crippen LogP contribution in [0.1, 0.15) is 22.6 Å². The van der Waals surface area contributed by atoms with Gasteiger partial charge in [0.05, 0.1) is 7.11 Å². The van der Waals surface area contributed by atoms with E-state index in [0.717, 1.165) is 38.7 Å². The van der Waals surface area contributed by atoms with Gasteiger partial charge in [-0.1, -0.05) is 54.6 Å². The summed E-state index contributed by atoms with van der Waals surface area (Å²) in [4.78, 5) is 27.7. The molecule has 5 rings (SSSR count). The fraction of sp³-hybridized carbons (Fsp3) is 0.185. The van der Waals surface area contributed by atoms with E-state index in [-0.39, 0.29) is 18.9 Å². The van der Waals surface area contributed by atoms with Crippen molar-refractivity contribution in [3.05, 3.63) is 89.6 Å². The molecular formula is C27H24N2O5. The smallest absolute Gasteiger partial charge is 0.407 e. The van der Waals surface area contributed by atoms with Gasteiger partial charge in [-0.2, -0.15) is 0 Å². The average Bonchev–Trinajstić information content (AvgIpc) is 3.41. The van der Waals surface area contributed by atoms with E-state index in [2.05, 4.69) is 22.4 Å². The number of alkyl carbamates (subject to hydrolysis) is 1. The van der Waals surface area contributed by atoms with Crippen LogP contribution in [0.4, 0.5) is 4.79 Å². The largest absolute Gasteiger partial charge is 0.496 e. The standard InChI is InChI=1S/C27H24N2O5/c1-33-24-12-6-11-22-25(24)16(14-28-22)13-23(26(30)31)29-27(32)34-15-21-19-9-4-2-7-17(19)18-8-3-5-10-20(18)21/h2-12,14,21,23,28H,13,15H2,1H3,(H,29,32)(H,30,31)/t23-/m0/s1. The fourth-order valence-electron chi connectivity index (χ4n) is 4.75. The van der Waals surface area contributed by atoms with Crippen LogP contribution in [-0.2, 0) is 16.0 Å². The molecule has 172 valence electrons. The van der Waals surface area contributed by atoms with Crippen LogP contribution in [0.5, 0.6) is 5.75 Å². The molecule has 0 bridgehead atoms. The minimum Gasteiger partial charge on any atom is -0.496 e. The number of aliphatic carboxylic acids is 1. The Kier molecular flexibility index (Phi) is 5.67. The molecule has 0 aliphatic heterocycles. The van der Waals surface area contributed by atoms with E-state index < -0.39 is 18.1 Å². The maximum atomic E-state index is 12.6. The molecule has 1 atom stereocenters. The third kappa shape index (κ3) is 3.85. The lowest BCUT2D eigenvalue weighted by atomic mass is 9.98. The zero-order valence-corrected chi connectivity index (χ0v) is 18.6. The number of carboxylic acids is 1. The number of carbonyl (C=O) groups excluding carboxylic acids is 1. The van der Waals surface area contributed by atoms with Crippen molar-refractivity contribution in [3.8, 4) is 16.9 Å². The molecule has 1 aromatic heterocycles. The highest BCUT2D eigenvalue weighted by atomic mass is 16.5. The summed E-state index contributed by atoms with van der Waals surface area (Å²) in [7, 11) is 1.56. The van der Waals surface area contributed by atoms with E-state index in [1.54, 1.807) is 13.3 Å². The van der Waals surface area contributed by atoms with Crippen LogP contribution in [-0.4, -0.2) is 41.9 Å². The van der Waals surface area contributed by atoms with Crippen LogP contribution in [0.3, 0.4) is 0 Å². The summed E-state index contributed by atoms with van der Waals surface area (Å²) in [6.07, 6.45) is 1.06. The van der Waals surface area contributed by atoms with Crippen LogP contribution in [0, 0.1) is 0 Å². The zero-order valence-electron chi connectivity index (χ0n) is 18.6. The molecule has 34 heavy (non-hydrogen) atoms. The van der Waals surface area contributed by atoms with Gasteiger partial charge >= 0.3 is 12.1 Å². The summed E-state index contributed by atoms with van der Waals surface area (Å²) >= 11 is 0. The Morgan fingerprint density at radius 1 is 1.00 bits per heavy atom. The number of carboxylic acid groups (broad SMARTS) is 1. The average molecular weight is 456 g/mol. The van der Waals surface area contributed by atoms with Gasteiger partial charge in [0.25, 0.3) is 0 Å². The third-order valence-electron chi connectivity index (χ3n) is 6.33. The Morgan fingerprint density at radius 2 is 1.68 bits per heavy atom. The predicted molar refractivity (Wildman–Crippen MR) is 128 cm³/mol. The van der Waals surface area contributed by atoms with E-state index >= 15 is 0 Å². The first-order valence-electron chi connectivity index (χ1n) is 11.0. The first kappa shape index (κ1) is 21.6. The molecule has 1 aliphatic rings. The number of aromatic amines is 1. The quantitative estimate of drug-likeness (QED) is 0.374. The van der Waals surface area contributed by atoms with E-state index in [1.807, 2.05) is 54.6 Å². The van der Waals surface area contributed by atoms with Gasteiger partial charge in [0, 0.05) is 29.4 Å². The second-order valence-corrected chi connectivity index (χ2v) is 8.26. The number of nitrogens with one attached hydrogen (secondary N) is 2. The summed E-state index contributed by atoms with van der Waals surface area (Å²) in [6, 6.07) is 20.5. The molecule has 0 unspecified atom stereocenters. The van der Waals surface area contributed by atoms with Crippen molar-refractivity contribution < 1.29 is 24.2 Å². The van der Waals surface area contributed by atoms with Crippen molar-refractivity contribution in [2.75, 3.05) is 13.7 Å². The van der Waals surface area contributed by atoms with Gasteiger partial charge in [0.1, 0.15) is 18.4 Å². The number of benzene rings is 3. The number of ether oxygens (including phenoxy) is 2. The van der Waals surface area contributed by atoms with Gasteiger partial charge in [-0.25, -0.2) is 9.59 Å². The molecule has 1 aliphatic carbocycles. The number of H-pyrrole nitrogens is 1. The minimum atomic E-state index is -1.15. The highest BCUT2D eigenvalue weighted by Crippen LogP contribution is 2.44. The van der Waals surface area contributed by atoms with Gasteiger partial charge in [-0.15, -0.1) is 0 Å². The zero-order chi connectivity index (χ0) is 23.7. The Morgan fingerprint density at radius 3 is 2.32 bits per heavy atom. The van der Waals surface area contributed by atoms with Crippen molar-refractivity contribution >= 4 is 23.0 Å². The summed E-state index contributed by atoms with van der Waals surface area (Å²) in [5, 5.41) is 13.1. The number of hydrogen-bond donors (Lipinski definition) is 3. The second-order valence-electron chi connectivity index (χ2n) is 8.26. The molecule has 1 heterocycles. The lowest BCUT2D eigenvalue weighted by molar-refractivity contribution is -0.139. The predicted octanol–water partition coefficient (Wildman–Crippen LogP) is 4.71. The Labute approximate surface area is 196 Å². The van der Waals surface area contributed by atoms with Crippen LogP contribution in [0.15, 0.2) is 72.9 Å². The molecule has 0 radical (unpaired) electrons. The fourth-order valence-corrected chi connectivity index (χ4v) is 4.75. The van der Waals surface area contributed by atoms with Gasteiger partial charge in [-0.3, -0.25) is 0 Å². The van der Waals surface area contributed by atoms with Crippen molar-refractivity contribution in [1.29, 1.82) is 0 Å². The summed E-state index contributed by atoms with van der Waals surface area (Å²) < 4.78 is 10.9. The molecule has 1 amide bonds. The molecular weight excluding hydrogens is 432 g/mol. The summed E-state index contributed by atoms with van der Waals surface area (Å²) in [5.74, 6) is -0.601. The molecule has 4 aromatic rings. The number of fused-ring (bicyclic) bond motifs is 4. The number of rotatable bonds is 7. The molecule has 0 fully saturated rings. The highest BCUT2D eigenvalue weighted by Gasteiger charge is 2.30. The van der Waals surface area contributed by atoms with Crippen molar-refractivity contribution in [1.82, 2.24) is 10.3 Å². The minimum absolute atomic E-state index is 0.0832. The van der Waals surface area contributed by atoms with Gasteiger partial charge in [0.15, 0.2) is 0 Å². The maximum absolute atomic E-state index is 12.6. The van der Waals surface area contributed by atoms with Crippen LogP contribution >= 0.6 is 0 Å².